The van der Waals surface area contributed by atoms with Crippen LogP contribution >= 0.6 is 11.8 Å². The lowest BCUT2D eigenvalue weighted by Crippen LogP contribution is -2.16. The number of carbonyl (C=O) groups is 2. The fourth-order valence-corrected chi connectivity index (χ4v) is 5.18. The average molecular weight is 503 g/mol. The molecule has 180 valence electrons. The molecule has 0 saturated heterocycles. The number of carbonyl (C=O) groups excluding carboxylic acids is 2. The van der Waals surface area contributed by atoms with Crippen molar-refractivity contribution in [1.82, 2.24) is 14.8 Å². The second kappa shape index (κ2) is 11.3. The molecule has 0 unspecified atom stereocenters. The molecule has 0 aliphatic rings. The monoisotopic (exact) mass is 502 g/mol. The predicted molar refractivity (Wildman–Crippen MR) is 129 cm³/mol. The van der Waals surface area contributed by atoms with Gasteiger partial charge in [-0.3, -0.25) is 4.79 Å². The third kappa shape index (κ3) is 6.67. The minimum atomic E-state index is -3.57. The number of nitrogens with zero attached hydrogens (tertiary/aromatic N) is 3. The molecule has 1 N–H and O–H groups in total. The van der Waals surface area contributed by atoms with Crippen LogP contribution in [0.5, 0.6) is 0 Å². The SMILES string of the molecule is CCn1c(CS(=O)(=O)c2ccccc2)nnc1SCC(=O)Nc1cccc(C(=O)OC(C)C)c1. The Bertz CT molecular complexity index is 1260. The van der Waals surface area contributed by atoms with Crippen molar-refractivity contribution < 1.29 is 22.7 Å². The Balaban J connectivity index is 1.63. The Hall–Kier alpha value is -3.18. The maximum atomic E-state index is 12.7. The zero-order valence-electron chi connectivity index (χ0n) is 19.1. The Morgan fingerprint density at radius 3 is 2.50 bits per heavy atom. The third-order valence-corrected chi connectivity index (χ3v) is 7.18. The molecule has 0 aliphatic heterocycles. The highest BCUT2D eigenvalue weighted by Crippen LogP contribution is 2.21. The fourth-order valence-electron chi connectivity index (χ4n) is 3.06. The van der Waals surface area contributed by atoms with Crippen LogP contribution in [0.4, 0.5) is 5.69 Å². The third-order valence-electron chi connectivity index (χ3n) is 4.59. The van der Waals surface area contributed by atoms with E-state index in [1.54, 1.807) is 73.0 Å². The van der Waals surface area contributed by atoms with E-state index in [1.165, 1.54) is 0 Å². The van der Waals surface area contributed by atoms with Gasteiger partial charge in [0.05, 0.1) is 22.3 Å². The van der Waals surface area contributed by atoms with Gasteiger partial charge in [-0.2, -0.15) is 0 Å². The van der Waals surface area contributed by atoms with Crippen molar-refractivity contribution in [3.05, 3.63) is 66.0 Å². The van der Waals surface area contributed by atoms with Crippen molar-refractivity contribution >= 4 is 39.2 Å². The number of nitrogens with one attached hydrogen (secondary N) is 1. The van der Waals surface area contributed by atoms with E-state index in [9.17, 15) is 18.0 Å². The minimum Gasteiger partial charge on any atom is -0.459 e. The first kappa shape index (κ1) is 25.4. The molecule has 0 radical (unpaired) electrons. The number of thioether (sulfide) groups is 1. The van der Waals surface area contributed by atoms with E-state index >= 15 is 0 Å². The number of hydrogen-bond donors (Lipinski definition) is 1. The van der Waals surface area contributed by atoms with Crippen LogP contribution in [0.25, 0.3) is 0 Å². The Labute approximate surface area is 202 Å². The zero-order valence-corrected chi connectivity index (χ0v) is 20.7. The standard InChI is InChI=1S/C23H26N4O5S2/c1-4-27-20(15-34(30,31)19-11-6-5-7-12-19)25-26-23(27)33-14-21(28)24-18-10-8-9-17(13-18)22(29)32-16(2)3/h5-13,16H,4,14-15H2,1-3H3,(H,24,28). The molecule has 0 spiro atoms. The van der Waals surface area contributed by atoms with Crippen LogP contribution in [0.2, 0.25) is 0 Å². The number of hydrogen-bond acceptors (Lipinski definition) is 8. The first-order chi connectivity index (χ1) is 16.2. The molecule has 1 aromatic heterocycles. The summed E-state index contributed by atoms with van der Waals surface area (Å²) in [7, 11) is -3.57. The summed E-state index contributed by atoms with van der Waals surface area (Å²) in [6.45, 7) is 5.83. The van der Waals surface area contributed by atoms with Crippen LogP contribution in [0.3, 0.4) is 0 Å². The van der Waals surface area contributed by atoms with Crippen molar-refractivity contribution in [2.75, 3.05) is 11.1 Å². The normalized spacial score (nSPS) is 11.4. The lowest BCUT2D eigenvalue weighted by Gasteiger charge is -2.10. The quantitative estimate of drug-likeness (QED) is 0.330. The summed E-state index contributed by atoms with van der Waals surface area (Å²) in [5.41, 5.74) is 0.810. The average Bonchev–Trinajstić information content (AvgIpc) is 3.18. The van der Waals surface area contributed by atoms with Crippen molar-refractivity contribution in [2.24, 2.45) is 0 Å². The van der Waals surface area contributed by atoms with Crippen LogP contribution in [0.15, 0.2) is 64.6 Å². The molecule has 11 heteroatoms. The maximum absolute atomic E-state index is 12.7. The molecule has 3 aromatic rings. The molecule has 2 aromatic carbocycles. The summed E-state index contributed by atoms with van der Waals surface area (Å²) >= 11 is 1.15. The molecule has 0 aliphatic carbocycles. The van der Waals surface area contributed by atoms with E-state index < -0.39 is 15.8 Å². The molecule has 3 rings (SSSR count). The zero-order chi connectivity index (χ0) is 24.7. The van der Waals surface area contributed by atoms with E-state index in [0.29, 0.717) is 28.8 Å². The molecule has 0 fully saturated rings. The van der Waals surface area contributed by atoms with Crippen LogP contribution in [0.1, 0.15) is 37.0 Å². The highest BCUT2D eigenvalue weighted by atomic mass is 32.2. The van der Waals surface area contributed by atoms with E-state index in [-0.39, 0.29) is 28.4 Å². The van der Waals surface area contributed by atoms with E-state index in [0.717, 1.165) is 11.8 Å². The van der Waals surface area contributed by atoms with Gasteiger partial charge in [0.15, 0.2) is 15.0 Å². The van der Waals surface area contributed by atoms with Gasteiger partial charge in [0.1, 0.15) is 11.6 Å². The number of sulfone groups is 1. The van der Waals surface area contributed by atoms with E-state index in [4.69, 9.17) is 4.74 Å². The van der Waals surface area contributed by atoms with E-state index in [1.807, 2.05) is 6.92 Å². The van der Waals surface area contributed by atoms with Crippen molar-refractivity contribution in [2.45, 2.75) is 49.2 Å². The van der Waals surface area contributed by atoms with Gasteiger partial charge < -0.3 is 14.6 Å². The van der Waals surface area contributed by atoms with Gasteiger partial charge in [0.25, 0.3) is 0 Å². The Morgan fingerprint density at radius 1 is 1.09 bits per heavy atom. The second-order valence-corrected chi connectivity index (χ2v) is 10.5. The molecule has 1 heterocycles. The highest BCUT2D eigenvalue weighted by molar-refractivity contribution is 7.99. The van der Waals surface area contributed by atoms with Crippen molar-refractivity contribution in [1.29, 1.82) is 0 Å². The van der Waals surface area contributed by atoms with Gasteiger partial charge in [-0.1, -0.05) is 36.0 Å². The summed E-state index contributed by atoms with van der Waals surface area (Å²) in [4.78, 5) is 24.7. The molecule has 1 amide bonds. The lowest BCUT2D eigenvalue weighted by atomic mass is 10.2. The smallest absolute Gasteiger partial charge is 0.338 e. The van der Waals surface area contributed by atoms with Gasteiger partial charge >= 0.3 is 5.97 Å². The van der Waals surface area contributed by atoms with Crippen molar-refractivity contribution in [3.63, 3.8) is 0 Å². The molecular formula is C23H26N4O5S2. The van der Waals surface area contributed by atoms with Gasteiger partial charge in [-0.05, 0) is 51.1 Å². The van der Waals surface area contributed by atoms with Crippen molar-refractivity contribution in [3.8, 4) is 0 Å². The Morgan fingerprint density at radius 2 is 1.82 bits per heavy atom. The molecule has 9 nitrogen and oxygen atoms in total. The number of rotatable bonds is 10. The molecule has 34 heavy (non-hydrogen) atoms. The van der Waals surface area contributed by atoms with Crippen LogP contribution in [-0.4, -0.2) is 46.9 Å². The van der Waals surface area contributed by atoms with Gasteiger partial charge in [0.2, 0.25) is 5.91 Å². The largest absolute Gasteiger partial charge is 0.459 e. The highest BCUT2D eigenvalue weighted by Gasteiger charge is 2.21. The maximum Gasteiger partial charge on any atom is 0.338 e. The summed E-state index contributed by atoms with van der Waals surface area (Å²) in [6, 6.07) is 14.7. The summed E-state index contributed by atoms with van der Waals surface area (Å²) in [5.74, 6) is -0.711. The molecular weight excluding hydrogens is 476 g/mol. The number of benzene rings is 2. The first-order valence-electron chi connectivity index (χ1n) is 10.6. The van der Waals surface area contributed by atoms with Crippen LogP contribution in [0, 0.1) is 0 Å². The van der Waals surface area contributed by atoms with Gasteiger partial charge in [-0.25, -0.2) is 13.2 Å². The topological polar surface area (TPSA) is 120 Å². The summed E-state index contributed by atoms with van der Waals surface area (Å²) in [6.07, 6.45) is -0.245. The molecule has 0 atom stereocenters. The first-order valence-corrected chi connectivity index (χ1v) is 13.3. The number of aromatic nitrogens is 3. The molecule has 0 saturated carbocycles. The number of anilines is 1. The van der Waals surface area contributed by atoms with E-state index in [2.05, 4.69) is 15.5 Å². The number of esters is 1. The van der Waals surface area contributed by atoms with Gasteiger partial charge in [0, 0.05) is 12.2 Å². The number of amides is 1. The summed E-state index contributed by atoms with van der Waals surface area (Å²) < 4.78 is 32.3. The second-order valence-electron chi connectivity index (χ2n) is 7.59. The van der Waals surface area contributed by atoms with Crippen LogP contribution in [-0.2, 0) is 31.7 Å². The number of ether oxygens (including phenoxy) is 1. The lowest BCUT2D eigenvalue weighted by molar-refractivity contribution is -0.113. The summed E-state index contributed by atoms with van der Waals surface area (Å²) in [5, 5.41) is 11.3. The fraction of sp³-hybridized carbons (Fsp3) is 0.304. The Kier molecular flexibility index (Phi) is 8.46. The minimum absolute atomic E-state index is 0.0320. The van der Waals surface area contributed by atoms with Crippen LogP contribution < -0.4 is 5.32 Å². The van der Waals surface area contributed by atoms with Gasteiger partial charge in [-0.15, -0.1) is 10.2 Å². The molecule has 0 bridgehead atoms. The predicted octanol–water partition coefficient (Wildman–Crippen LogP) is 3.57.